The number of ketones is 1. The lowest BCUT2D eigenvalue weighted by Gasteiger charge is -2.08. The van der Waals surface area contributed by atoms with Crippen LogP contribution in [-0.4, -0.2) is 19.8 Å². The highest BCUT2D eigenvalue weighted by Gasteiger charge is 2.10. The Morgan fingerprint density at radius 3 is 2.26 bits per heavy atom. The zero-order valence-electron chi connectivity index (χ0n) is 12.0. The van der Waals surface area contributed by atoms with Crippen molar-refractivity contribution in [3.05, 3.63) is 29.3 Å². The van der Waals surface area contributed by atoms with Crippen molar-refractivity contribution in [2.75, 3.05) is 5.32 Å². The van der Waals surface area contributed by atoms with Gasteiger partial charge in [-0.2, -0.15) is 0 Å². The Morgan fingerprint density at radius 2 is 1.79 bits per heavy atom. The number of anilines is 1. The summed E-state index contributed by atoms with van der Waals surface area (Å²) < 4.78 is 0. The maximum absolute atomic E-state index is 11.4. The van der Waals surface area contributed by atoms with E-state index >= 15 is 0 Å². The Balaban J connectivity index is 3.28. The molecule has 1 N–H and O–H groups in total. The first kappa shape index (κ1) is 15.2. The second-order valence-electron chi connectivity index (χ2n) is 5.50. The molecule has 0 spiro atoms. The molecule has 4 heteroatoms. The molecule has 0 heterocycles. The number of carbonyl (C=O) groups excluding carboxylic acids is 2. The topological polar surface area (TPSA) is 46.2 Å². The minimum Gasteiger partial charge on any atom is -0.325 e. The van der Waals surface area contributed by atoms with E-state index in [4.69, 9.17) is 0 Å². The van der Waals surface area contributed by atoms with Gasteiger partial charge in [0.2, 0.25) is 5.91 Å². The smallest absolute Gasteiger partial charge is 0.221 e. The molecule has 100 valence electrons. The fraction of sp³-hybridized carbons (Fsp3) is 0.333. The van der Waals surface area contributed by atoms with Gasteiger partial charge in [0.25, 0.3) is 0 Å². The maximum atomic E-state index is 11.4. The van der Waals surface area contributed by atoms with Gasteiger partial charge in [-0.15, -0.1) is 5.54 Å². The van der Waals surface area contributed by atoms with E-state index in [9.17, 15) is 9.59 Å². The molecule has 1 amide bonds. The number of benzene rings is 1. The van der Waals surface area contributed by atoms with E-state index in [1.54, 1.807) is 18.2 Å². The van der Waals surface area contributed by atoms with E-state index in [0.717, 1.165) is 0 Å². The summed E-state index contributed by atoms with van der Waals surface area (Å²) in [6.07, 6.45) is 0. The lowest BCUT2D eigenvalue weighted by Crippen LogP contribution is -2.16. The normalized spacial score (nSPS) is 10.4. The molecule has 0 aliphatic rings. The number of nitrogens with one attached hydrogen (secondary N) is 1. The molecular weight excluding hydrogens is 254 g/mol. The predicted octanol–water partition coefficient (Wildman–Crippen LogP) is 3.08. The fourth-order valence-electron chi connectivity index (χ4n) is 1.42. The SMILES string of the molecule is CC(=O)Nc1ccc(C(C)=O)cc1C#C[Si](C)(C)C. The van der Waals surface area contributed by atoms with Gasteiger partial charge in [0.15, 0.2) is 5.78 Å². The molecule has 0 saturated heterocycles. The van der Waals surface area contributed by atoms with Gasteiger partial charge in [-0.05, 0) is 25.1 Å². The summed E-state index contributed by atoms with van der Waals surface area (Å²) in [5.41, 5.74) is 5.20. The van der Waals surface area contributed by atoms with Gasteiger partial charge < -0.3 is 5.32 Å². The average Bonchev–Trinajstić information content (AvgIpc) is 2.25. The Hall–Kier alpha value is -1.86. The molecule has 0 fully saturated rings. The van der Waals surface area contributed by atoms with E-state index in [1.165, 1.54) is 13.8 Å². The van der Waals surface area contributed by atoms with Gasteiger partial charge >= 0.3 is 0 Å². The third kappa shape index (κ3) is 5.10. The first-order valence-corrected chi connectivity index (χ1v) is 9.65. The van der Waals surface area contributed by atoms with Crippen LogP contribution >= 0.6 is 0 Å². The van der Waals surface area contributed by atoms with Gasteiger partial charge in [-0.1, -0.05) is 25.6 Å². The maximum Gasteiger partial charge on any atom is 0.221 e. The highest BCUT2D eigenvalue weighted by atomic mass is 28.3. The van der Waals surface area contributed by atoms with E-state index in [2.05, 4.69) is 36.4 Å². The second kappa shape index (κ2) is 5.85. The quantitative estimate of drug-likeness (QED) is 0.511. The van der Waals surface area contributed by atoms with Crippen LogP contribution in [-0.2, 0) is 4.79 Å². The van der Waals surface area contributed by atoms with Crippen molar-refractivity contribution >= 4 is 25.5 Å². The molecule has 0 bridgehead atoms. The highest BCUT2D eigenvalue weighted by Crippen LogP contribution is 2.17. The van der Waals surface area contributed by atoms with Crippen LogP contribution < -0.4 is 5.32 Å². The highest BCUT2D eigenvalue weighted by molar-refractivity contribution is 6.83. The van der Waals surface area contributed by atoms with Crippen molar-refractivity contribution in [1.29, 1.82) is 0 Å². The molecule has 0 aliphatic heterocycles. The third-order valence-electron chi connectivity index (χ3n) is 2.31. The van der Waals surface area contributed by atoms with Crippen LogP contribution in [0.25, 0.3) is 0 Å². The van der Waals surface area contributed by atoms with Crippen LogP contribution in [0.3, 0.4) is 0 Å². The number of Topliss-reactive ketones (excluding diaryl/α,β-unsaturated/α-hetero) is 1. The van der Waals surface area contributed by atoms with Crippen LogP contribution in [0.4, 0.5) is 5.69 Å². The number of carbonyl (C=O) groups is 2. The molecular formula is C15H19NO2Si. The number of hydrogen-bond donors (Lipinski definition) is 1. The van der Waals surface area contributed by atoms with Gasteiger partial charge in [0, 0.05) is 18.1 Å². The summed E-state index contributed by atoms with van der Waals surface area (Å²) in [5, 5.41) is 2.74. The first-order chi connectivity index (χ1) is 8.69. The minimum absolute atomic E-state index is 0.00886. The molecule has 0 unspecified atom stereocenters. The standard InChI is InChI=1S/C15H19NO2Si/c1-11(17)13-6-7-15(16-12(2)18)14(10-13)8-9-19(3,4)5/h6-7,10H,1-5H3,(H,16,18). The molecule has 3 nitrogen and oxygen atoms in total. The number of rotatable bonds is 2. The Kier molecular flexibility index (Phi) is 4.68. The molecule has 0 aliphatic carbocycles. The monoisotopic (exact) mass is 273 g/mol. The van der Waals surface area contributed by atoms with Crippen LogP contribution in [0.15, 0.2) is 18.2 Å². The molecule has 0 atom stereocenters. The van der Waals surface area contributed by atoms with Crippen molar-refractivity contribution in [3.8, 4) is 11.5 Å². The third-order valence-corrected chi connectivity index (χ3v) is 3.18. The molecule has 0 aromatic heterocycles. The number of hydrogen-bond acceptors (Lipinski definition) is 2. The van der Waals surface area contributed by atoms with E-state index < -0.39 is 8.07 Å². The lowest BCUT2D eigenvalue weighted by molar-refractivity contribution is -0.114. The van der Waals surface area contributed by atoms with Crippen molar-refractivity contribution < 1.29 is 9.59 Å². The van der Waals surface area contributed by atoms with Gasteiger partial charge in [-0.25, -0.2) is 0 Å². The molecule has 1 aromatic carbocycles. The van der Waals surface area contributed by atoms with Crippen molar-refractivity contribution in [2.45, 2.75) is 33.5 Å². The van der Waals surface area contributed by atoms with Crippen molar-refractivity contribution in [2.24, 2.45) is 0 Å². The fourth-order valence-corrected chi connectivity index (χ4v) is 1.93. The van der Waals surface area contributed by atoms with Crippen molar-refractivity contribution in [3.63, 3.8) is 0 Å². The van der Waals surface area contributed by atoms with Crippen LogP contribution in [0.2, 0.25) is 19.6 Å². The average molecular weight is 273 g/mol. The van der Waals surface area contributed by atoms with Crippen molar-refractivity contribution in [1.82, 2.24) is 0 Å². The summed E-state index contributed by atoms with van der Waals surface area (Å²) in [6.45, 7) is 9.41. The zero-order valence-corrected chi connectivity index (χ0v) is 13.0. The lowest BCUT2D eigenvalue weighted by atomic mass is 10.1. The summed E-state index contributed by atoms with van der Waals surface area (Å²) in [7, 11) is -1.51. The molecule has 1 aromatic rings. The van der Waals surface area contributed by atoms with E-state index in [0.29, 0.717) is 16.8 Å². The minimum atomic E-state index is -1.51. The van der Waals surface area contributed by atoms with Gasteiger partial charge in [0.1, 0.15) is 8.07 Å². The summed E-state index contributed by atoms with van der Waals surface area (Å²) in [6, 6.07) is 5.17. The Labute approximate surface area is 115 Å². The number of amides is 1. The summed E-state index contributed by atoms with van der Waals surface area (Å²) in [5.74, 6) is 2.94. The van der Waals surface area contributed by atoms with Gasteiger partial charge in [-0.3, -0.25) is 9.59 Å². The summed E-state index contributed by atoms with van der Waals surface area (Å²) in [4.78, 5) is 22.6. The van der Waals surface area contributed by atoms with E-state index in [-0.39, 0.29) is 11.7 Å². The van der Waals surface area contributed by atoms with Crippen LogP contribution in [0, 0.1) is 11.5 Å². The predicted molar refractivity (Wildman–Crippen MR) is 81.0 cm³/mol. The van der Waals surface area contributed by atoms with Crippen LogP contribution in [0.5, 0.6) is 0 Å². The first-order valence-electron chi connectivity index (χ1n) is 6.15. The van der Waals surface area contributed by atoms with Gasteiger partial charge in [0.05, 0.1) is 5.69 Å². The second-order valence-corrected chi connectivity index (χ2v) is 10.2. The molecule has 1 rings (SSSR count). The summed E-state index contributed by atoms with van der Waals surface area (Å²) >= 11 is 0. The largest absolute Gasteiger partial charge is 0.325 e. The molecule has 0 saturated carbocycles. The zero-order chi connectivity index (χ0) is 14.6. The molecule has 0 radical (unpaired) electrons. The van der Waals surface area contributed by atoms with E-state index in [1.807, 2.05) is 0 Å². The Morgan fingerprint density at radius 1 is 1.16 bits per heavy atom. The molecule has 19 heavy (non-hydrogen) atoms. The Bertz CT molecular complexity index is 574. The van der Waals surface area contributed by atoms with Crippen LogP contribution in [0.1, 0.15) is 29.8 Å².